The second-order valence-electron chi connectivity index (χ2n) is 15.5. The van der Waals surface area contributed by atoms with Gasteiger partial charge in [0.05, 0.1) is 41.3 Å². The van der Waals surface area contributed by atoms with E-state index < -0.39 is 0 Å². The molecule has 3 aromatic heterocycles. The largest absolute Gasteiger partial charge is 0.494 e. The van der Waals surface area contributed by atoms with E-state index in [0.717, 1.165) is 91.6 Å². The van der Waals surface area contributed by atoms with Crippen LogP contribution < -0.4 is 15.1 Å². The zero-order chi connectivity index (χ0) is 41.8. The third kappa shape index (κ3) is 8.29. The molecule has 1 fully saturated rings. The molecule has 3 aromatic carbocycles. The number of nitrogens with one attached hydrogen (secondary N) is 1. The minimum Gasteiger partial charge on any atom is -0.494 e. The van der Waals surface area contributed by atoms with Crippen LogP contribution in [-0.2, 0) is 13.0 Å². The van der Waals surface area contributed by atoms with Gasteiger partial charge in [-0.05, 0) is 106 Å². The Labute approximate surface area is 352 Å². The molecule has 7 rings (SSSR count). The van der Waals surface area contributed by atoms with Crippen molar-refractivity contribution in [1.29, 1.82) is 0 Å². The van der Waals surface area contributed by atoms with Crippen molar-refractivity contribution in [2.24, 2.45) is 0 Å². The highest BCUT2D eigenvalue weighted by molar-refractivity contribution is 6.32. The molecule has 306 valence electrons. The predicted octanol–water partition coefficient (Wildman–Crippen LogP) is 10.0. The van der Waals surface area contributed by atoms with E-state index in [2.05, 4.69) is 107 Å². The van der Waals surface area contributed by atoms with Gasteiger partial charge >= 0.3 is 0 Å². The zero-order valence-electron chi connectivity index (χ0n) is 34.9. The number of hydrogen-bond donors (Lipinski definition) is 2. The SMILES string of the molecule is C=Cc1cn(Cc2ccccn2)c2c(N(C)C[C@@H](C)n3c(C=O)c(CCCOc4cc(C)c(Cl)c(C)c4)c4ccc(Cl)c(C5C(C)NN(C)C5C)c43)cccc12.CO. The fraction of sp³-hybridized carbons (Fsp3) is 0.362. The summed E-state index contributed by atoms with van der Waals surface area (Å²) in [5, 5.41) is 12.9. The second-order valence-corrected chi connectivity index (χ2v) is 16.3. The Balaban J connectivity index is 0.00000279. The van der Waals surface area contributed by atoms with Crippen LogP contribution in [0.3, 0.4) is 0 Å². The van der Waals surface area contributed by atoms with Crippen LogP contribution in [-0.4, -0.2) is 77.0 Å². The number of nitrogens with zero attached hydrogens (tertiary/aromatic N) is 5. The van der Waals surface area contributed by atoms with Crippen molar-refractivity contribution in [3.63, 3.8) is 0 Å². The summed E-state index contributed by atoms with van der Waals surface area (Å²) in [6.45, 7) is 16.5. The lowest BCUT2D eigenvalue weighted by atomic mass is 9.86. The first kappa shape index (κ1) is 43.0. The standard InChI is InChI=1S/C46H52Cl2N6O2.CH4O/c1-9-33-25-53(26-34-14-10-11-20-49-34)45-36(33)15-12-17-40(45)51(7)24-30(4)54-41(27-55)37(16-13-21-56-35-22-28(2)44(48)29(3)23-35)38-18-19-39(47)43(46(38)54)42-31(5)50-52(8)32(42)6;1-2/h9-12,14-15,17-20,22-23,25,27,30-32,42,50H,1,13,16,21,24,26H2,2-8H3;2H,1H3/t30-,31?,32?,42?;/m1./s1. The first-order valence-corrected chi connectivity index (χ1v) is 20.7. The average Bonchev–Trinajstić information content (AvgIpc) is 3.83. The van der Waals surface area contributed by atoms with Crippen LogP contribution >= 0.6 is 23.2 Å². The summed E-state index contributed by atoms with van der Waals surface area (Å²) < 4.78 is 10.8. The van der Waals surface area contributed by atoms with Crippen LogP contribution in [0.2, 0.25) is 10.0 Å². The Morgan fingerprint density at radius 3 is 2.41 bits per heavy atom. The number of halogens is 2. The molecular weight excluding hydrogens is 767 g/mol. The number of pyridine rings is 1. The number of aliphatic hydroxyl groups is 1. The molecule has 3 unspecified atom stereocenters. The van der Waals surface area contributed by atoms with E-state index >= 15 is 0 Å². The van der Waals surface area contributed by atoms with Crippen LogP contribution in [0.25, 0.3) is 27.9 Å². The Morgan fingerprint density at radius 2 is 1.78 bits per heavy atom. The Bertz CT molecular complexity index is 2380. The number of ether oxygens (including phenoxy) is 1. The zero-order valence-corrected chi connectivity index (χ0v) is 36.4. The number of rotatable bonds is 14. The van der Waals surface area contributed by atoms with Gasteiger partial charge in [0.25, 0.3) is 0 Å². The average molecular weight is 824 g/mol. The normalized spacial score (nSPS) is 17.3. The summed E-state index contributed by atoms with van der Waals surface area (Å²) in [6.07, 6.45) is 8.35. The molecule has 11 heteroatoms. The van der Waals surface area contributed by atoms with Crippen molar-refractivity contribution in [3.05, 3.63) is 129 Å². The lowest BCUT2D eigenvalue weighted by molar-refractivity contribution is 0.111. The molecule has 2 N–H and O–H groups in total. The minimum atomic E-state index is -0.101. The van der Waals surface area contributed by atoms with Crippen molar-refractivity contribution < 1.29 is 14.6 Å². The van der Waals surface area contributed by atoms with Gasteiger partial charge in [-0.1, -0.05) is 60.1 Å². The van der Waals surface area contributed by atoms with Gasteiger partial charge in [-0.15, -0.1) is 0 Å². The Kier molecular flexibility index (Phi) is 13.7. The van der Waals surface area contributed by atoms with Gasteiger partial charge in [0.2, 0.25) is 0 Å². The van der Waals surface area contributed by atoms with Gasteiger partial charge < -0.3 is 23.9 Å². The Hall–Kier alpha value is -4.64. The number of aryl methyl sites for hydroxylation is 3. The van der Waals surface area contributed by atoms with Crippen molar-refractivity contribution >= 4 is 63.1 Å². The third-order valence-corrected chi connectivity index (χ3v) is 12.6. The quantitative estimate of drug-likeness (QED) is 0.0836. The van der Waals surface area contributed by atoms with Crippen molar-refractivity contribution in [3.8, 4) is 5.75 Å². The smallest absolute Gasteiger partial charge is 0.166 e. The summed E-state index contributed by atoms with van der Waals surface area (Å²) in [6, 6.07) is 20.7. The van der Waals surface area contributed by atoms with Crippen LogP contribution in [0.5, 0.6) is 5.75 Å². The topological polar surface area (TPSA) is 87.8 Å². The number of anilines is 1. The molecule has 58 heavy (non-hydrogen) atoms. The number of benzene rings is 3. The number of aliphatic hydroxyl groups excluding tert-OH is 1. The number of para-hydroxylation sites is 1. The molecule has 0 aliphatic carbocycles. The highest BCUT2D eigenvalue weighted by atomic mass is 35.5. The number of carbonyl (C=O) groups excluding carboxylic acids is 1. The van der Waals surface area contributed by atoms with Gasteiger partial charge in [0, 0.05) is 90.6 Å². The number of aromatic nitrogens is 3. The van der Waals surface area contributed by atoms with E-state index in [9.17, 15) is 4.79 Å². The van der Waals surface area contributed by atoms with Crippen LogP contribution in [0.15, 0.2) is 79.6 Å². The third-order valence-electron chi connectivity index (χ3n) is 11.6. The van der Waals surface area contributed by atoms with Gasteiger partial charge in [0.15, 0.2) is 6.29 Å². The lowest BCUT2D eigenvalue weighted by Gasteiger charge is -2.29. The molecule has 9 nitrogen and oxygen atoms in total. The molecule has 0 spiro atoms. The minimum absolute atomic E-state index is 0.0998. The van der Waals surface area contributed by atoms with Crippen LogP contribution in [0.1, 0.15) is 83.2 Å². The summed E-state index contributed by atoms with van der Waals surface area (Å²) >= 11 is 13.7. The number of fused-ring (bicyclic) bond motifs is 2. The van der Waals surface area contributed by atoms with Crippen molar-refractivity contribution in [2.75, 3.05) is 39.3 Å². The van der Waals surface area contributed by atoms with Crippen LogP contribution in [0, 0.1) is 13.8 Å². The number of hydrogen-bond acceptors (Lipinski definition) is 7. The van der Waals surface area contributed by atoms with Gasteiger partial charge in [-0.25, -0.2) is 5.01 Å². The van der Waals surface area contributed by atoms with Crippen LogP contribution in [0.4, 0.5) is 5.69 Å². The maximum absolute atomic E-state index is 13.4. The molecular formula is C47H56Cl2N6O3. The molecule has 1 saturated heterocycles. The van der Waals surface area contributed by atoms with E-state index in [1.54, 1.807) is 0 Å². The molecule has 4 heterocycles. The van der Waals surface area contributed by atoms with Gasteiger partial charge in [-0.3, -0.25) is 15.2 Å². The fourth-order valence-electron chi connectivity index (χ4n) is 8.96. The summed E-state index contributed by atoms with van der Waals surface area (Å²) in [4.78, 5) is 20.3. The highest BCUT2D eigenvalue weighted by Gasteiger charge is 2.39. The van der Waals surface area contributed by atoms with Gasteiger partial charge in [0.1, 0.15) is 5.75 Å². The molecule has 4 atom stereocenters. The number of hydrazine groups is 1. The summed E-state index contributed by atoms with van der Waals surface area (Å²) in [7, 11) is 5.22. The molecule has 0 radical (unpaired) electrons. The molecule has 0 amide bonds. The number of aldehydes is 1. The van der Waals surface area contributed by atoms with Gasteiger partial charge in [-0.2, -0.15) is 0 Å². The summed E-state index contributed by atoms with van der Waals surface area (Å²) in [5.74, 6) is 0.901. The van der Waals surface area contributed by atoms with E-state index in [-0.39, 0.29) is 24.0 Å². The first-order valence-electron chi connectivity index (χ1n) is 19.9. The van der Waals surface area contributed by atoms with E-state index in [1.807, 2.05) is 56.5 Å². The maximum atomic E-state index is 13.4. The predicted molar refractivity (Wildman–Crippen MR) is 241 cm³/mol. The fourth-order valence-corrected chi connectivity index (χ4v) is 9.35. The maximum Gasteiger partial charge on any atom is 0.166 e. The molecule has 1 aliphatic heterocycles. The van der Waals surface area contributed by atoms with E-state index in [1.165, 1.54) is 0 Å². The van der Waals surface area contributed by atoms with E-state index in [4.69, 9.17) is 33.0 Å². The number of carbonyl (C=O) groups is 1. The molecule has 0 bridgehead atoms. The highest BCUT2D eigenvalue weighted by Crippen LogP contribution is 2.44. The van der Waals surface area contributed by atoms with Crippen molar-refractivity contribution in [1.82, 2.24) is 24.6 Å². The Morgan fingerprint density at radius 1 is 1.03 bits per heavy atom. The van der Waals surface area contributed by atoms with E-state index in [0.29, 0.717) is 36.8 Å². The molecule has 6 aromatic rings. The molecule has 1 aliphatic rings. The monoisotopic (exact) mass is 822 g/mol. The van der Waals surface area contributed by atoms with Crippen molar-refractivity contribution in [2.45, 2.75) is 78.0 Å². The number of likely N-dealkylation sites (N-methyl/N-ethyl adjacent to an activating group) is 2. The molecule has 0 saturated carbocycles. The lowest BCUT2D eigenvalue weighted by Crippen LogP contribution is -2.33. The first-order chi connectivity index (χ1) is 27.9. The second kappa shape index (κ2) is 18.5. The summed E-state index contributed by atoms with van der Waals surface area (Å²) in [5.41, 5.74) is 13.7.